The molecule has 7 heteroatoms. The van der Waals surface area contributed by atoms with Crippen LogP contribution in [0.4, 0.5) is 5.13 Å². The number of carboxylic acids is 1. The van der Waals surface area contributed by atoms with Gasteiger partial charge in [0.2, 0.25) is 0 Å². The number of nitrogens with zero attached hydrogens (tertiary/aromatic N) is 3. The Morgan fingerprint density at radius 1 is 1.65 bits per heavy atom. The first-order valence-corrected chi connectivity index (χ1v) is 5.88. The van der Waals surface area contributed by atoms with E-state index in [-0.39, 0.29) is 4.88 Å². The Hall–Kier alpha value is -1.89. The van der Waals surface area contributed by atoms with E-state index in [4.69, 9.17) is 5.11 Å². The fourth-order valence-electron chi connectivity index (χ4n) is 1.40. The second kappa shape index (κ2) is 4.96. The van der Waals surface area contributed by atoms with Crippen molar-refractivity contribution in [2.45, 2.75) is 6.42 Å². The standard InChI is InChI=1S/C10H12N4O2S/c1-14-7(3-5-13-14)2-4-11-10-12-6-8(17-10)9(15)16/h3,5-6H,2,4H2,1H3,(H,11,12)(H,15,16). The summed E-state index contributed by atoms with van der Waals surface area (Å²) in [7, 11) is 1.89. The van der Waals surface area contributed by atoms with Crippen molar-refractivity contribution in [1.29, 1.82) is 0 Å². The molecule has 2 N–H and O–H groups in total. The highest BCUT2D eigenvalue weighted by atomic mass is 32.1. The van der Waals surface area contributed by atoms with Gasteiger partial charge in [-0.1, -0.05) is 11.3 Å². The van der Waals surface area contributed by atoms with Crippen LogP contribution in [0.3, 0.4) is 0 Å². The molecular formula is C10H12N4O2S. The maximum absolute atomic E-state index is 10.7. The van der Waals surface area contributed by atoms with Crippen molar-refractivity contribution in [3.63, 3.8) is 0 Å². The van der Waals surface area contributed by atoms with Crippen LogP contribution in [0.15, 0.2) is 18.5 Å². The zero-order chi connectivity index (χ0) is 12.3. The molecule has 0 amide bonds. The van der Waals surface area contributed by atoms with Crippen molar-refractivity contribution in [3.05, 3.63) is 29.0 Å². The predicted molar refractivity (Wildman–Crippen MR) is 64.5 cm³/mol. The fourth-order valence-corrected chi connectivity index (χ4v) is 2.08. The first kappa shape index (κ1) is 11.6. The van der Waals surface area contributed by atoms with Gasteiger partial charge < -0.3 is 10.4 Å². The molecule has 0 radical (unpaired) electrons. The van der Waals surface area contributed by atoms with E-state index in [1.807, 2.05) is 17.8 Å². The number of rotatable bonds is 5. The lowest BCUT2D eigenvalue weighted by Crippen LogP contribution is -2.07. The molecule has 2 aromatic rings. The Balaban J connectivity index is 1.86. The van der Waals surface area contributed by atoms with E-state index in [0.29, 0.717) is 11.7 Å². The highest BCUT2D eigenvalue weighted by molar-refractivity contribution is 7.17. The molecular weight excluding hydrogens is 240 g/mol. The molecule has 2 heterocycles. The molecule has 0 fully saturated rings. The van der Waals surface area contributed by atoms with Gasteiger partial charge in [0.05, 0.1) is 6.20 Å². The maximum Gasteiger partial charge on any atom is 0.347 e. The third-order valence-corrected chi connectivity index (χ3v) is 3.24. The lowest BCUT2D eigenvalue weighted by atomic mass is 10.3. The number of hydrogen-bond acceptors (Lipinski definition) is 5. The first-order chi connectivity index (χ1) is 8.16. The van der Waals surface area contributed by atoms with Gasteiger partial charge >= 0.3 is 5.97 Å². The Morgan fingerprint density at radius 3 is 3.06 bits per heavy atom. The van der Waals surface area contributed by atoms with E-state index < -0.39 is 5.97 Å². The number of carboxylic acid groups (broad SMARTS) is 1. The molecule has 0 aliphatic carbocycles. The predicted octanol–water partition coefficient (Wildman–Crippen LogP) is 1.23. The smallest absolute Gasteiger partial charge is 0.347 e. The summed E-state index contributed by atoms with van der Waals surface area (Å²) in [6.45, 7) is 0.701. The zero-order valence-electron chi connectivity index (χ0n) is 9.25. The van der Waals surface area contributed by atoms with Crippen LogP contribution in [-0.4, -0.2) is 32.4 Å². The molecule has 0 unspecified atom stereocenters. The lowest BCUT2D eigenvalue weighted by Gasteiger charge is -2.02. The monoisotopic (exact) mass is 252 g/mol. The molecule has 0 spiro atoms. The second-order valence-corrected chi connectivity index (χ2v) is 4.49. The molecule has 0 aliphatic rings. The average Bonchev–Trinajstić information content (AvgIpc) is 2.89. The molecule has 0 aliphatic heterocycles. The van der Waals surface area contributed by atoms with Gasteiger partial charge in [-0.05, 0) is 6.07 Å². The van der Waals surface area contributed by atoms with Crippen LogP contribution in [0, 0.1) is 0 Å². The van der Waals surface area contributed by atoms with Gasteiger partial charge in [-0.2, -0.15) is 5.10 Å². The number of anilines is 1. The van der Waals surface area contributed by atoms with Gasteiger partial charge in [0.25, 0.3) is 0 Å². The number of aromatic carboxylic acids is 1. The third-order valence-electron chi connectivity index (χ3n) is 2.30. The van der Waals surface area contributed by atoms with Gasteiger partial charge in [0.15, 0.2) is 5.13 Å². The highest BCUT2D eigenvalue weighted by Gasteiger charge is 2.07. The quantitative estimate of drug-likeness (QED) is 0.836. The summed E-state index contributed by atoms with van der Waals surface area (Å²) >= 11 is 1.14. The third kappa shape index (κ3) is 2.82. The normalized spacial score (nSPS) is 10.4. The summed E-state index contributed by atoms with van der Waals surface area (Å²) in [5.41, 5.74) is 1.12. The average molecular weight is 252 g/mol. The van der Waals surface area contributed by atoms with Crippen molar-refractivity contribution in [3.8, 4) is 0 Å². The minimum absolute atomic E-state index is 0.244. The van der Waals surface area contributed by atoms with Crippen molar-refractivity contribution < 1.29 is 9.90 Å². The summed E-state index contributed by atoms with van der Waals surface area (Å²) in [6, 6.07) is 1.95. The van der Waals surface area contributed by atoms with Crippen LogP contribution >= 0.6 is 11.3 Å². The second-order valence-electron chi connectivity index (χ2n) is 3.46. The Morgan fingerprint density at radius 2 is 2.47 bits per heavy atom. The zero-order valence-corrected chi connectivity index (χ0v) is 10.1. The van der Waals surface area contributed by atoms with Crippen LogP contribution < -0.4 is 5.32 Å². The number of nitrogens with one attached hydrogen (secondary N) is 1. The van der Waals surface area contributed by atoms with Crippen molar-refractivity contribution in [2.24, 2.45) is 7.05 Å². The fraction of sp³-hybridized carbons (Fsp3) is 0.300. The number of thiazole rings is 1. The van der Waals surface area contributed by atoms with E-state index in [0.717, 1.165) is 23.5 Å². The molecule has 0 bridgehead atoms. The summed E-state index contributed by atoms with van der Waals surface area (Å²) in [5, 5.41) is 16.5. The van der Waals surface area contributed by atoms with Crippen molar-refractivity contribution >= 4 is 22.4 Å². The minimum atomic E-state index is -0.942. The highest BCUT2D eigenvalue weighted by Crippen LogP contribution is 2.17. The van der Waals surface area contributed by atoms with Crippen molar-refractivity contribution in [1.82, 2.24) is 14.8 Å². The summed E-state index contributed by atoms with van der Waals surface area (Å²) in [6.07, 6.45) is 3.93. The molecule has 2 aromatic heterocycles. The van der Waals surface area contributed by atoms with Crippen LogP contribution in [0.1, 0.15) is 15.4 Å². The summed E-state index contributed by atoms with van der Waals surface area (Å²) in [4.78, 5) is 14.9. The van der Waals surface area contributed by atoms with E-state index in [9.17, 15) is 4.79 Å². The topological polar surface area (TPSA) is 80.0 Å². The first-order valence-electron chi connectivity index (χ1n) is 5.06. The van der Waals surface area contributed by atoms with Gasteiger partial charge in [0, 0.05) is 31.9 Å². The molecule has 0 atom stereocenters. The van der Waals surface area contributed by atoms with E-state index in [1.165, 1.54) is 6.20 Å². The van der Waals surface area contributed by atoms with Crippen molar-refractivity contribution in [2.75, 3.05) is 11.9 Å². The largest absolute Gasteiger partial charge is 0.477 e. The summed E-state index contributed by atoms with van der Waals surface area (Å²) in [5.74, 6) is -0.942. The molecule has 0 aromatic carbocycles. The van der Waals surface area contributed by atoms with Crippen LogP contribution in [-0.2, 0) is 13.5 Å². The van der Waals surface area contributed by atoms with Crippen LogP contribution in [0.5, 0.6) is 0 Å². The number of carbonyl (C=O) groups is 1. The Kier molecular flexibility index (Phi) is 3.38. The maximum atomic E-state index is 10.7. The molecule has 6 nitrogen and oxygen atoms in total. The number of aryl methyl sites for hydroxylation is 1. The van der Waals surface area contributed by atoms with Crippen LogP contribution in [0.2, 0.25) is 0 Å². The lowest BCUT2D eigenvalue weighted by molar-refractivity contribution is 0.0702. The minimum Gasteiger partial charge on any atom is -0.477 e. The molecule has 90 valence electrons. The van der Waals surface area contributed by atoms with Gasteiger partial charge in [-0.15, -0.1) is 0 Å². The molecule has 2 rings (SSSR count). The van der Waals surface area contributed by atoms with Gasteiger partial charge in [-0.25, -0.2) is 9.78 Å². The SMILES string of the molecule is Cn1nccc1CCNc1ncc(C(=O)O)s1. The van der Waals surface area contributed by atoms with Gasteiger partial charge in [-0.3, -0.25) is 4.68 Å². The Labute approximate surface area is 102 Å². The van der Waals surface area contributed by atoms with E-state index in [2.05, 4.69) is 15.4 Å². The van der Waals surface area contributed by atoms with Gasteiger partial charge in [0.1, 0.15) is 4.88 Å². The molecule has 0 saturated heterocycles. The molecule has 0 saturated carbocycles. The van der Waals surface area contributed by atoms with Crippen LogP contribution in [0.25, 0.3) is 0 Å². The summed E-state index contributed by atoms with van der Waals surface area (Å²) < 4.78 is 1.81. The van der Waals surface area contributed by atoms with E-state index >= 15 is 0 Å². The Bertz CT molecular complexity index is 520. The molecule has 17 heavy (non-hydrogen) atoms. The number of hydrogen-bond donors (Lipinski definition) is 2. The van der Waals surface area contributed by atoms with E-state index in [1.54, 1.807) is 6.20 Å². The number of aromatic nitrogens is 3.